The highest BCUT2D eigenvalue weighted by Crippen LogP contribution is 2.36. The molecule has 0 bridgehead atoms. The zero-order valence-electron chi connectivity index (χ0n) is 12.3. The molecule has 0 amide bonds. The van der Waals surface area contributed by atoms with Crippen LogP contribution in [0.15, 0.2) is 0 Å². The SMILES string of the molecule is CCCC1CCC(CN)C(S(=O)C2CCOC2C)C1. The van der Waals surface area contributed by atoms with Crippen LogP contribution in [0, 0.1) is 11.8 Å². The molecule has 0 radical (unpaired) electrons. The third-order valence-corrected chi connectivity index (χ3v) is 7.33. The minimum atomic E-state index is -0.771. The first-order valence-electron chi connectivity index (χ1n) is 7.88. The van der Waals surface area contributed by atoms with E-state index in [-0.39, 0.29) is 11.4 Å². The molecule has 0 aromatic carbocycles. The molecule has 6 unspecified atom stereocenters. The Morgan fingerprint density at radius 3 is 2.63 bits per heavy atom. The van der Waals surface area contributed by atoms with Gasteiger partial charge in [0, 0.05) is 22.7 Å². The summed E-state index contributed by atoms with van der Waals surface area (Å²) in [7, 11) is -0.771. The van der Waals surface area contributed by atoms with E-state index < -0.39 is 10.8 Å². The normalized spacial score (nSPS) is 41.3. The van der Waals surface area contributed by atoms with Gasteiger partial charge < -0.3 is 10.5 Å². The van der Waals surface area contributed by atoms with Crippen LogP contribution in [0.5, 0.6) is 0 Å². The van der Waals surface area contributed by atoms with E-state index in [9.17, 15) is 4.21 Å². The minimum Gasteiger partial charge on any atom is -0.377 e. The predicted octanol–water partition coefficient (Wildman–Crippen LogP) is 2.46. The van der Waals surface area contributed by atoms with Crippen molar-refractivity contribution in [2.24, 2.45) is 17.6 Å². The van der Waals surface area contributed by atoms with Crippen molar-refractivity contribution in [2.75, 3.05) is 13.2 Å². The second kappa shape index (κ2) is 7.19. The molecule has 3 nitrogen and oxygen atoms in total. The van der Waals surface area contributed by atoms with Crippen molar-refractivity contribution in [2.45, 2.75) is 69.0 Å². The number of ether oxygens (including phenoxy) is 1. The monoisotopic (exact) mass is 287 g/mol. The fraction of sp³-hybridized carbons (Fsp3) is 1.00. The van der Waals surface area contributed by atoms with Gasteiger partial charge in [0.15, 0.2) is 0 Å². The highest BCUT2D eigenvalue weighted by Gasteiger charge is 2.39. The van der Waals surface area contributed by atoms with E-state index in [0.29, 0.717) is 17.7 Å². The number of hydrogen-bond acceptors (Lipinski definition) is 3. The fourth-order valence-electron chi connectivity index (χ4n) is 3.74. The Morgan fingerprint density at radius 2 is 2.05 bits per heavy atom. The van der Waals surface area contributed by atoms with Gasteiger partial charge >= 0.3 is 0 Å². The highest BCUT2D eigenvalue weighted by atomic mass is 32.2. The zero-order chi connectivity index (χ0) is 13.8. The first-order valence-corrected chi connectivity index (χ1v) is 9.16. The summed E-state index contributed by atoms with van der Waals surface area (Å²) in [5.41, 5.74) is 5.92. The van der Waals surface area contributed by atoms with Gasteiger partial charge in [0.05, 0.1) is 11.4 Å². The lowest BCUT2D eigenvalue weighted by Crippen LogP contribution is -2.42. The van der Waals surface area contributed by atoms with Gasteiger partial charge in [-0.3, -0.25) is 4.21 Å². The van der Waals surface area contributed by atoms with E-state index in [4.69, 9.17) is 10.5 Å². The Morgan fingerprint density at radius 1 is 1.26 bits per heavy atom. The van der Waals surface area contributed by atoms with E-state index in [1.807, 2.05) is 0 Å². The molecular formula is C15H29NO2S. The standard InChI is InChI=1S/C15H29NO2S/c1-3-4-12-5-6-13(10-16)15(9-12)19(17)14-7-8-18-11(14)2/h11-15H,3-10,16H2,1-2H3. The topological polar surface area (TPSA) is 52.3 Å². The van der Waals surface area contributed by atoms with Crippen molar-refractivity contribution >= 4 is 10.8 Å². The maximum atomic E-state index is 12.9. The largest absolute Gasteiger partial charge is 0.377 e. The molecule has 2 fully saturated rings. The van der Waals surface area contributed by atoms with Gasteiger partial charge in [-0.2, -0.15) is 0 Å². The smallest absolute Gasteiger partial charge is 0.0691 e. The van der Waals surface area contributed by atoms with Crippen molar-refractivity contribution in [1.29, 1.82) is 0 Å². The summed E-state index contributed by atoms with van der Waals surface area (Å²) in [5.74, 6) is 1.22. The Labute approximate surface area is 120 Å². The van der Waals surface area contributed by atoms with Crippen LogP contribution < -0.4 is 5.73 Å². The maximum absolute atomic E-state index is 12.9. The number of rotatable bonds is 5. The Hall–Kier alpha value is 0.0700. The van der Waals surface area contributed by atoms with Gasteiger partial charge in [-0.15, -0.1) is 0 Å². The van der Waals surface area contributed by atoms with Crippen LogP contribution in [0.1, 0.15) is 52.4 Å². The predicted molar refractivity (Wildman–Crippen MR) is 80.5 cm³/mol. The molecule has 0 spiro atoms. The average Bonchev–Trinajstić information content (AvgIpc) is 2.84. The lowest BCUT2D eigenvalue weighted by Gasteiger charge is -2.36. The summed E-state index contributed by atoms with van der Waals surface area (Å²) in [6.07, 6.45) is 7.19. The van der Waals surface area contributed by atoms with Crippen molar-refractivity contribution in [1.82, 2.24) is 0 Å². The molecule has 4 heteroatoms. The Bertz CT molecular complexity index is 311. The first-order chi connectivity index (χ1) is 9.17. The van der Waals surface area contributed by atoms with Crippen molar-refractivity contribution < 1.29 is 8.95 Å². The lowest BCUT2D eigenvalue weighted by atomic mass is 9.80. The van der Waals surface area contributed by atoms with Gasteiger partial charge in [0.2, 0.25) is 0 Å². The molecule has 1 heterocycles. The molecule has 19 heavy (non-hydrogen) atoms. The van der Waals surface area contributed by atoms with E-state index in [1.165, 1.54) is 25.7 Å². The molecule has 6 atom stereocenters. The van der Waals surface area contributed by atoms with Gasteiger partial charge in [-0.05, 0) is 44.6 Å². The third kappa shape index (κ3) is 3.59. The summed E-state index contributed by atoms with van der Waals surface area (Å²) < 4.78 is 18.5. The Balaban J connectivity index is 2.02. The van der Waals surface area contributed by atoms with E-state index in [1.54, 1.807) is 0 Å². The molecule has 1 aliphatic carbocycles. The molecule has 1 aliphatic heterocycles. The third-order valence-electron chi connectivity index (χ3n) is 4.94. The molecule has 0 aromatic rings. The van der Waals surface area contributed by atoms with E-state index in [0.717, 1.165) is 25.4 Å². The van der Waals surface area contributed by atoms with Gasteiger partial charge in [0.25, 0.3) is 0 Å². The summed E-state index contributed by atoms with van der Waals surface area (Å²) in [6.45, 7) is 5.78. The van der Waals surface area contributed by atoms with Gasteiger partial charge in [-0.25, -0.2) is 0 Å². The van der Waals surface area contributed by atoms with Crippen LogP contribution in [-0.2, 0) is 15.5 Å². The fourth-order valence-corrected chi connectivity index (χ4v) is 6.06. The molecule has 2 N–H and O–H groups in total. The minimum absolute atomic E-state index is 0.158. The molecule has 1 saturated heterocycles. The maximum Gasteiger partial charge on any atom is 0.0691 e. The average molecular weight is 287 g/mol. The molecule has 0 aromatic heterocycles. The van der Waals surface area contributed by atoms with Crippen LogP contribution in [0.3, 0.4) is 0 Å². The van der Waals surface area contributed by atoms with Crippen LogP contribution >= 0.6 is 0 Å². The van der Waals surface area contributed by atoms with Crippen LogP contribution in [0.25, 0.3) is 0 Å². The van der Waals surface area contributed by atoms with Crippen LogP contribution in [-0.4, -0.2) is 34.0 Å². The second-order valence-corrected chi connectivity index (χ2v) is 8.10. The molecule has 2 aliphatic rings. The quantitative estimate of drug-likeness (QED) is 0.845. The molecular weight excluding hydrogens is 258 g/mol. The summed E-state index contributed by atoms with van der Waals surface area (Å²) in [6, 6.07) is 0. The molecule has 1 saturated carbocycles. The second-order valence-electron chi connectivity index (χ2n) is 6.23. The number of hydrogen-bond donors (Lipinski definition) is 1. The van der Waals surface area contributed by atoms with Crippen molar-refractivity contribution in [3.05, 3.63) is 0 Å². The Kier molecular flexibility index (Phi) is 5.85. The van der Waals surface area contributed by atoms with Crippen molar-refractivity contribution in [3.63, 3.8) is 0 Å². The van der Waals surface area contributed by atoms with Crippen LogP contribution in [0.4, 0.5) is 0 Å². The zero-order valence-corrected chi connectivity index (χ0v) is 13.2. The molecule has 112 valence electrons. The summed E-state index contributed by atoms with van der Waals surface area (Å²) in [4.78, 5) is 0. The highest BCUT2D eigenvalue weighted by molar-refractivity contribution is 7.86. The van der Waals surface area contributed by atoms with E-state index in [2.05, 4.69) is 13.8 Å². The summed E-state index contributed by atoms with van der Waals surface area (Å²) in [5, 5.41) is 0.545. The van der Waals surface area contributed by atoms with Gasteiger partial charge in [0.1, 0.15) is 0 Å². The first kappa shape index (κ1) is 15.5. The number of nitrogens with two attached hydrogens (primary N) is 1. The molecule has 2 rings (SSSR count). The lowest BCUT2D eigenvalue weighted by molar-refractivity contribution is 0.126. The van der Waals surface area contributed by atoms with Crippen molar-refractivity contribution in [3.8, 4) is 0 Å². The van der Waals surface area contributed by atoms with E-state index >= 15 is 0 Å². The van der Waals surface area contributed by atoms with Gasteiger partial charge in [-0.1, -0.05) is 26.2 Å². The summed E-state index contributed by atoms with van der Waals surface area (Å²) >= 11 is 0. The van der Waals surface area contributed by atoms with Crippen LogP contribution in [0.2, 0.25) is 0 Å².